The first-order valence-electron chi connectivity index (χ1n) is 12.7. The van der Waals surface area contributed by atoms with Gasteiger partial charge in [-0.05, 0) is 90.0 Å². The Morgan fingerprint density at radius 1 is 1.03 bits per heavy atom. The van der Waals surface area contributed by atoms with Crippen LogP contribution in [-0.4, -0.2) is 75.2 Å². The summed E-state index contributed by atoms with van der Waals surface area (Å²) in [5, 5.41) is 3.99. The Morgan fingerprint density at radius 2 is 1.83 bits per heavy atom. The zero-order chi connectivity index (χ0) is 25.1. The van der Waals surface area contributed by atoms with Crippen molar-refractivity contribution in [1.82, 2.24) is 15.1 Å². The highest BCUT2D eigenvalue weighted by Gasteiger charge is 2.30. The van der Waals surface area contributed by atoms with E-state index >= 15 is 0 Å². The molecular formula is C29H33BrClN3O2. The molecule has 36 heavy (non-hydrogen) atoms. The lowest BCUT2D eigenvalue weighted by Gasteiger charge is -2.21. The number of ether oxygens (including phenoxy) is 1. The number of carbonyl (C=O) groups is 1. The fourth-order valence-corrected chi connectivity index (χ4v) is 6.12. The molecule has 0 spiro atoms. The Kier molecular flexibility index (Phi) is 8.28. The normalized spacial score (nSPS) is 18.1. The van der Waals surface area contributed by atoms with Gasteiger partial charge >= 0.3 is 0 Å². The molecular weight excluding hydrogens is 538 g/mol. The molecule has 7 heteroatoms. The molecule has 1 saturated heterocycles. The molecule has 190 valence electrons. The molecule has 0 atom stereocenters. The van der Waals surface area contributed by atoms with Gasteiger partial charge in [0.2, 0.25) is 0 Å². The van der Waals surface area contributed by atoms with Crippen LogP contribution in [0.5, 0.6) is 0 Å². The zero-order valence-corrected chi connectivity index (χ0v) is 23.1. The zero-order valence-electron chi connectivity index (χ0n) is 20.8. The van der Waals surface area contributed by atoms with Crippen LogP contribution in [-0.2, 0) is 22.4 Å². The topological polar surface area (TPSA) is 44.8 Å². The third-order valence-corrected chi connectivity index (χ3v) is 8.17. The monoisotopic (exact) mass is 569 g/mol. The maximum absolute atomic E-state index is 13.6. The number of benzene rings is 2. The summed E-state index contributed by atoms with van der Waals surface area (Å²) < 4.78 is 6.27. The second-order valence-corrected chi connectivity index (χ2v) is 11.2. The van der Waals surface area contributed by atoms with Crippen molar-refractivity contribution in [2.45, 2.75) is 19.3 Å². The Balaban J connectivity index is 1.28. The van der Waals surface area contributed by atoms with Crippen molar-refractivity contribution in [3.05, 3.63) is 79.3 Å². The first-order chi connectivity index (χ1) is 17.5. The largest absolute Gasteiger partial charge is 0.383 e. The number of allylic oxidation sites excluding steroid dienone is 2. The maximum atomic E-state index is 13.6. The number of carbonyl (C=O) groups excluding carboxylic acids is 1. The van der Waals surface area contributed by atoms with Crippen LogP contribution in [0.1, 0.15) is 28.7 Å². The second kappa shape index (κ2) is 11.6. The number of hydrogen-bond acceptors (Lipinski definition) is 4. The minimum Gasteiger partial charge on any atom is -0.383 e. The lowest BCUT2D eigenvalue weighted by atomic mass is 9.98. The predicted octanol–water partition coefficient (Wildman–Crippen LogP) is 4.82. The van der Waals surface area contributed by atoms with Crippen LogP contribution in [0.2, 0.25) is 5.02 Å². The van der Waals surface area contributed by atoms with E-state index in [-0.39, 0.29) is 5.91 Å². The van der Waals surface area contributed by atoms with Crippen LogP contribution in [0.15, 0.2) is 52.0 Å². The second-order valence-electron chi connectivity index (χ2n) is 9.81. The molecule has 1 amide bonds. The maximum Gasteiger partial charge on any atom is 0.252 e. The standard InChI is InChI=1S/C29H33BrClN3O2/c1-36-14-13-34-9-2-8-33(11-12-34)10-7-32-29(35)28-26-6-4-24(30)17-23(26)19-27(28)22-15-20-3-5-25(31)18-21(20)16-22/h3-6,16-18H,2,7-15,19H2,1H3,(H,32,35). The summed E-state index contributed by atoms with van der Waals surface area (Å²) in [6, 6.07) is 12.3. The highest BCUT2D eigenvalue weighted by molar-refractivity contribution is 9.10. The van der Waals surface area contributed by atoms with Gasteiger partial charge in [0.05, 0.1) is 12.2 Å². The van der Waals surface area contributed by atoms with Crippen molar-refractivity contribution in [1.29, 1.82) is 0 Å². The number of methoxy groups -OCH3 is 1. The van der Waals surface area contributed by atoms with Crippen LogP contribution >= 0.6 is 27.5 Å². The number of amides is 1. The van der Waals surface area contributed by atoms with Gasteiger partial charge in [-0.3, -0.25) is 9.69 Å². The van der Waals surface area contributed by atoms with Crippen molar-refractivity contribution in [3.63, 3.8) is 0 Å². The first-order valence-corrected chi connectivity index (χ1v) is 13.9. The van der Waals surface area contributed by atoms with E-state index in [1.807, 2.05) is 18.2 Å². The van der Waals surface area contributed by atoms with Gasteiger partial charge in [-0.1, -0.05) is 45.7 Å². The van der Waals surface area contributed by atoms with Crippen molar-refractivity contribution in [2.75, 3.05) is 59.5 Å². The number of nitrogens with zero attached hydrogens (tertiary/aromatic N) is 2. The van der Waals surface area contributed by atoms with E-state index in [1.54, 1.807) is 7.11 Å². The van der Waals surface area contributed by atoms with Gasteiger partial charge < -0.3 is 15.0 Å². The molecule has 2 aromatic carbocycles. The quantitative estimate of drug-likeness (QED) is 0.494. The highest BCUT2D eigenvalue weighted by Crippen LogP contribution is 2.42. The van der Waals surface area contributed by atoms with Gasteiger partial charge in [0.15, 0.2) is 0 Å². The molecule has 3 aliphatic rings. The lowest BCUT2D eigenvalue weighted by Crippen LogP contribution is -2.37. The van der Waals surface area contributed by atoms with Gasteiger partial charge in [0.1, 0.15) is 0 Å². The molecule has 0 bridgehead atoms. The van der Waals surface area contributed by atoms with Crippen molar-refractivity contribution in [3.8, 4) is 0 Å². The summed E-state index contributed by atoms with van der Waals surface area (Å²) in [6.45, 7) is 7.53. The average molecular weight is 571 g/mol. The fraction of sp³-hybridized carbons (Fsp3) is 0.414. The van der Waals surface area contributed by atoms with Crippen molar-refractivity contribution in [2.24, 2.45) is 0 Å². The summed E-state index contributed by atoms with van der Waals surface area (Å²) in [5.74, 6) is 0.0255. The molecule has 0 saturated carbocycles. The highest BCUT2D eigenvalue weighted by atomic mass is 79.9. The number of fused-ring (bicyclic) bond motifs is 2. The lowest BCUT2D eigenvalue weighted by molar-refractivity contribution is -0.115. The molecule has 1 heterocycles. The number of hydrogen-bond donors (Lipinski definition) is 1. The average Bonchev–Trinajstić information content (AvgIpc) is 3.37. The van der Waals surface area contributed by atoms with Crippen LogP contribution in [0.3, 0.4) is 0 Å². The van der Waals surface area contributed by atoms with E-state index in [0.717, 1.165) is 96.9 Å². The summed E-state index contributed by atoms with van der Waals surface area (Å²) in [6.07, 6.45) is 4.96. The fourth-order valence-electron chi connectivity index (χ4n) is 5.53. The molecule has 2 aliphatic carbocycles. The predicted molar refractivity (Wildman–Crippen MR) is 150 cm³/mol. The Labute approximate surface area is 227 Å². The third-order valence-electron chi connectivity index (χ3n) is 7.45. The van der Waals surface area contributed by atoms with Gasteiger partial charge in [-0.25, -0.2) is 0 Å². The summed E-state index contributed by atoms with van der Waals surface area (Å²) in [7, 11) is 1.76. The van der Waals surface area contributed by atoms with Crippen LogP contribution in [0.4, 0.5) is 0 Å². The number of rotatable bonds is 8. The smallest absolute Gasteiger partial charge is 0.252 e. The molecule has 2 aromatic rings. The molecule has 1 N–H and O–H groups in total. The summed E-state index contributed by atoms with van der Waals surface area (Å²) in [5.41, 5.74) is 7.84. The minimum atomic E-state index is 0.0255. The van der Waals surface area contributed by atoms with E-state index in [2.05, 4.69) is 55.3 Å². The molecule has 5 rings (SSSR count). The van der Waals surface area contributed by atoms with Crippen molar-refractivity contribution >= 4 is 45.1 Å². The number of nitrogens with one attached hydrogen (secondary N) is 1. The Morgan fingerprint density at radius 3 is 2.64 bits per heavy atom. The van der Waals surface area contributed by atoms with E-state index in [0.29, 0.717) is 6.54 Å². The van der Waals surface area contributed by atoms with E-state index in [9.17, 15) is 4.79 Å². The Hall–Kier alpha value is -1.96. The van der Waals surface area contributed by atoms with Crippen molar-refractivity contribution < 1.29 is 9.53 Å². The van der Waals surface area contributed by atoms with Gasteiger partial charge in [-0.2, -0.15) is 0 Å². The van der Waals surface area contributed by atoms with E-state index in [4.69, 9.17) is 16.3 Å². The van der Waals surface area contributed by atoms with Gasteiger partial charge in [-0.15, -0.1) is 0 Å². The molecule has 0 aromatic heterocycles. The van der Waals surface area contributed by atoms with Gasteiger partial charge in [0.25, 0.3) is 5.91 Å². The Bertz CT molecular complexity index is 1210. The number of halogens is 2. The van der Waals surface area contributed by atoms with Crippen LogP contribution < -0.4 is 5.32 Å². The minimum absolute atomic E-state index is 0.0255. The molecule has 5 nitrogen and oxygen atoms in total. The molecule has 1 fully saturated rings. The third kappa shape index (κ3) is 5.79. The SMILES string of the molecule is COCCN1CCCN(CCNC(=O)C2=C(C3=Cc4cc(Cl)ccc4C3)Cc3cc(Br)ccc32)CC1. The van der Waals surface area contributed by atoms with E-state index < -0.39 is 0 Å². The summed E-state index contributed by atoms with van der Waals surface area (Å²) >= 11 is 9.84. The van der Waals surface area contributed by atoms with E-state index in [1.165, 1.54) is 16.7 Å². The summed E-state index contributed by atoms with van der Waals surface area (Å²) in [4.78, 5) is 18.5. The molecule has 0 radical (unpaired) electrons. The van der Waals surface area contributed by atoms with Crippen LogP contribution in [0, 0.1) is 0 Å². The molecule has 0 unspecified atom stereocenters. The van der Waals surface area contributed by atoms with Gasteiger partial charge in [0, 0.05) is 49.3 Å². The first kappa shape index (κ1) is 25.7. The van der Waals surface area contributed by atoms with Crippen LogP contribution in [0.25, 0.3) is 11.6 Å². The molecule has 1 aliphatic heterocycles.